The van der Waals surface area contributed by atoms with E-state index in [-0.39, 0.29) is 11.6 Å². The van der Waals surface area contributed by atoms with Crippen molar-refractivity contribution in [1.82, 2.24) is 4.98 Å². The SMILES string of the molecule is O=C(Nc1ccccc1F)c1cncc(N2CCOCC2)c1. The number of ether oxygens (including phenoxy) is 1. The Labute approximate surface area is 127 Å². The van der Waals surface area contributed by atoms with Gasteiger partial charge in [-0.3, -0.25) is 9.78 Å². The van der Waals surface area contributed by atoms with Gasteiger partial charge in [-0.15, -0.1) is 0 Å². The highest BCUT2D eigenvalue weighted by molar-refractivity contribution is 6.04. The van der Waals surface area contributed by atoms with Gasteiger partial charge in [0, 0.05) is 19.3 Å². The zero-order valence-electron chi connectivity index (χ0n) is 12.0. The van der Waals surface area contributed by atoms with E-state index in [4.69, 9.17) is 4.74 Å². The molecule has 0 atom stereocenters. The Hall–Kier alpha value is -2.47. The van der Waals surface area contributed by atoms with Crippen LogP contribution in [0.3, 0.4) is 0 Å². The van der Waals surface area contributed by atoms with Crippen molar-refractivity contribution >= 4 is 17.3 Å². The summed E-state index contributed by atoms with van der Waals surface area (Å²) in [6.07, 6.45) is 3.19. The molecule has 1 amide bonds. The maximum atomic E-state index is 13.6. The van der Waals surface area contributed by atoms with Gasteiger partial charge in [0.25, 0.3) is 5.91 Å². The van der Waals surface area contributed by atoms with E-state index in [2.05, 4.69) is 15.2 Å². The van der Waals surface area contributed by atoms with E-state index in [1.54, 1.807) is 24.4 Å². The molecular weight excluding hydrogens is 285 g/mol. The first-order chi connectivity index (χ1) is 10.7. The number of hydrogen-bond acceptors (Lipinski definition) is 4. The summed E-state index contributed by atoms with van der Waals surface area (Å²) in [5.74, 6) is -0.846. The van der Waals surface area contributed by atoms with Crippen LogP contribution < -0.4 is 10.2 Å². The number of morpholine rings is 1. The van der Waals surface area contributed by atoms with Crippen LogP contribution in [0.1, 0.15) is 10.4 Å². The molecule has 1 fully saturated rings. The van der Waals surface area contributed by atoms with E-state index in [0.29, 0.717) is 18.8 Å². The molecule has 1 N–H and O–H groups in total. The minimum absolute atomic E-state index is 0.157. The topological polar surface area (TPSA) is 54.5 Å². The van der Waals surface area contributed by atoms with Gasteiger partial charge in [0.1, 0.15) is 5.82 Å². The van der Waals surface area contributed by atoms with Crippen LogP contribution in [0, 0.1) is 5.82 Å². The Morgan fingerprint density at radius 1 is 1.23 bits per heavy atom. The summed E-state index contributed by atoms with van der Waals surface area (Å²) >= 11 is 0. The van der Waals surface area contributed by atoms with E-state index in [0.717, 1.165) is 18.8 Å². The first kappa shape index (κ1) is 14.5. The van der Waals surface area contributed by atoms with Gasteiger partial charge in [-0.1, -0.05) is 12.1 Å². The van der Waals surface area contributed by atoms with E-state index < -0.39 is 5.82 Å². The smallest absolute Gasteiger partial charge is 0.257 e. The van der Waals surface area contributed by atoms with Crippen molar-refractivity contribution in [3.05, 3.63) is 54.1 Å². The third-order valence-corrected chi connectivity index (χ3v) is 3.48. The zero-order chi connectivity index (χ0) is 15.4. The average Bonchev–Trinajstić information content (AvgIpc) is 2.58. The van der Waals surface area contributed by atoms with E-state index >= 15 is 0 Å². The maximum absolute atomic E-state index is 13.6. The minimum Gasteiger partial charge on any atom is -0.378 e. The molecule has 1 aromatic carbocycles. The molecule has 22 heavy (non-hydrogen) atoms. The molecule has 114 valence electrons. The Kier molecular flexibility index (Phi) is 4.29. The number of hydrogen-bond donors (Lipinski definition) is 1. The van der Waals surface area contributed by atoms with Gasteiger partial charge < -0.3 is 15.0 Å². The van der Waals surface area contributed by atoms with Gasteiger partial charge in [0.15, 0.2) is 0 Å². The lowest BCUT2D eigenvalue weighted by Gasteiger charge is -2.28. The third-order valence-electron chi connectivity index (χ3n) is 3.48. The number of nitrogens with one attached hydrogen (secondary N) is 1. The predicted molar refractivity (Wildman–Crippen MR) is 81.6 cm³/mol. The molecule has 0 spiro atoms. The van der Waals surface area contributed by atoms with Crippen LogP contribution in [0.5, 0.6) is 0 Å². The number of anilines is 2. The van der Waals surface area contributed by atoms with Crippen LogP contribution in [-0.2, 0) is 4.74 Å². The number of amides is 1. The second kappa shape index (κ2) is 6.53. The highest BCUT2D eigenvalue weighted by Gasteiger charge is 2.14. The molecule has 6 heteroatoms. The minimum atomic E-state index is -0.465. The van der Waals surface area contributed by atoms with Crippen molar-refractivity contribution in [2.45, 2.75) is 0 Å². The molecule has 0 unspecified atom stereocenters. The molecule has 1 aromatic heterocycles. The molecule has 3 rings (SSSR count). The lowest BCUT2D eigenvalue weighted by molar-refractivity contribution is 0.102. The summed E-state index contributed by atoms with van der Waals surface area (Å²) < 4.78 is 18.9. The van der Waals surface area contributed by atoms with Crippen molar-refractivity contribution in [1.29, 1.82) is 0 Å². The van der Waals surface area contributed by atoms with E-state index in [1.807, 2.05) is 0 Å². The van der Waals surface area contributed by atoms with Gasteiger partial charge in [-0.05, 0) is 18.2 Å². The first-order valence-corrected chi connectivity index (χ1v) is 7.07. The zero-order valence-corrected chi connectivity index (χ0v) is 12.0. The Morgan fingerprint density at radius 2 is 2.00 bits per heavy atom. The fraction of sp³-hybridized carbons (Fsp3) is 0.250. The van der Waals surface area contributed by atoms with Crippen LogP contribution >= 0.6 is 0 Å². The summed E-state index contributed by atoms with van der Waals surface area (Å²) in [6.45, 7) is 2.84. The molecular formula is C16H16FN3O2. The molecule has 1 aliphatic rings. The first-order valence-electron chi connectivity index (χ1n) is 7.07. The predicted octanol–water partition coefficient (Wildman–Crippen LogP) is 2.31. The second-order valence-corrected chi connectivity index (χ2v) is 4.97. The highest BCUT2D eigenvalue weighted by atomic mass is 19.1. The molecule has 1 aliphatic heterocycles. The summed E-state index contributed by atoms with van der Waals surface area (Å²) in [5, 5.41) is 2.56. The van der Waals surface area contributed by atoms with Gasteiger partial charge in [-0.25, -0.2) is 4.39 Å². The molecule has 0 aliphatic carbocycles. The van der Waals surface area contributed by atoms with Crippen LogP contribution in [0.15, 0.2) is 42.7 Å². The molecule has 5 nitrogen and oxygen atoms in total. The van der Waals surface area contributed by atoms with Crippen LogP contribution in [0.25, 0.3) is 0 Å². The highest BCUT2D eigenvalue weighted by Crippen LogP contribution is 2.18. The van der Waals surface area contributed by atoms with Crippen molar-refractivity contribution in [2.24, 2.45) is 0 Å². The normalized spacial score (nSPS) is 14.7. The van der Waals surface area contributed by atoms with Crippen LogP contribution in [-0.4, -0.2) is 37.2 Å². The number of carbonyl (C=O) groups is 1. The van der Waals surface area contributed by atoms with Crippen LogP contribution in [0.2, 0.25) is 0 Å². The van der Waals surface area contributed by atoms with Crippen molar-refractivity contribution < 1.29 is 13.9 Å². The number of benzene rings is 1. The number of para-hydroxylation sites is 1. The van der Waals surface area contributed by atoms with Gasteiger partial charge in [0.05, 0.1) is 36.3 Å². The summed E-state index contributed by atoms with van der Waals surface area (Å²) in [5.41, 5.74) is 1.42. The fourth-order valence-corrected chi connectivity index (χ4v) is 2.30. The average molecular weight is 301 g/mol. The fourth-order valence-electron chi connectivity index (χ4n) is 2.30. The molecule has 0 saturated carbocycles. The summed E-state index contributed by atoms with van der Waals surface area (Å²) in [4.78, 5) is 18.5. The standard InChI is InChI=1S/C16H16FN3O2/c17-14-3-1-2-4-15(14)19-16(21)12-9-13(11-18-10-12)20-5-7-22-8-6-20/h1-4,9-11H,5-8H2,(H,19,21). The van der Waals surface area contributed by atoms with Crippen molar-refractivity contribution in [3.63, 3.8) is 0 Å². The third kappa shape index (κ3) is 3.23. The Bertz CT molecular complexity index is 672. The number of aromatic nitrogens is 1. The molecule has 2 heterocycles. The Balaban J connectivity index is 1.76. The number of carbonyl (C=O) groups excluding carboxylic acids is 1. The van der Waals surface area contributed by atoms with E-state index in [9.17, 15) is 9.18 Å². The lowest BCUT2D eigenvalue weighted by atomic mass is 10.2. The van der Waals surface area contributed by atoms with Gasteiger partial charge in [0.2, 0.25) is 0 Å². The van der Waals surface area contributed by atoms with Crippen molar-refractivity contribution in [2.75, 3.05) is 36.5 Å². The molecule has 0 radical (unpaired) electrons. The number of rotatable bonds is 3. The van der Waals surface area contributed by atoms with Gasteiger partial charge >= 0.3 is 0 Å². The lowest BCUT2D eigenvalue weighted by Crippen LogP contribution is -2.36. The number of pyridine rings is 1. The summed E-state index contributed by atoms with van der Waals surface area (Å²) in [7, 11) is 0. The van der Waals surface area contributed by atoms with Crippen molar-refractivity contribution in [3.8, 4) is 0 Å². The molecule has 2 aromatic rings. The van der Waals surface area contributed by atoms with E-state index in [1.165, 1.54) is 18.3 Å². The van der Waals surface area contributed by atoms with Gasteiger partial charge in [-0.2, -0.15) is 0 Å². The molecule has 0 bridgehead atoms. The quantitative estimate of drug-likeness (QED) is 0.945. The number of nitrogens with zero attached hydrogens (tertiary/aromatic N) is 2. The largest absolute Gasteiger partial charge is 0.378 e. The maximum Gasteiger partial charge on any atom is 0.257 e. The summed E-state index contributed by atoms with van der Waals surface area (Å²) in [6, 6.07) is 7.83. The number of halogens is 1. The second-order valence-electron chi connectivity index (χ2n) is 4.97. The Morgan fingerprint density at radius 3 is 2.77 bits per heavy atom. The van der Waals surface area contributed by atoms with Crippen LogP contribution in [0.4, 0.5) is 15.8 Å². The monoisotopic (exact) mass is 301 g/mol. The molecule has 1 saturated heterocycles.